The Kier molecular flexibility index (Phi) is 3.16. The summed E-state index contributed by atoms with van der Waals surface area (Å²) in [7, 11) is 0. The third-order valence-electron chi connectivity index (χ3n) is 4.11. The Morgan fingerprint density at radius 1 is 1.17 bits per heavy atom. The van der Waals surface area contributed by atoms with Gasteiger partial charge in [0.15, 0.2) is 5.78 Å². The third-order valence-corrected chi connectivity index (χ3v) is 4.11. The number of Topliss-reactive ketones (excluding diaryl/α,β-unsaturated/α-hetero) is 1. The maximum atomic E-state index is 12.4. The van der Waals surface area contributed by atoms with Crippen molar-refractivity contribution in [2.24, 2.45) is 0 Å². The van der Waals surface area contributed by atoms with Gasteiger partial charge < -0.3 is 5.32 Å². The molecule has 1 aliphatic rings. The van der Waals surface area contributed by atoms with E-state index in [1.165, 1.54) is 0 Å². The molecule has 0 fully saturated rings. The summed E-state index contributed by atoms with van der Waals surface area (Å²) in [5.74, 6) is 0.216. The van der Waals surface area contributed by atoms with E-state index in [0.717, 1.165) is 22.5 Å². The van der Waals surface area contributed by atoms with Crippen LogP contribution in [0.25, 0.3) is 5.78 Å². The van der Waals surface area contributed by atoms with Crippen LogP contribution in [0.2, 0.25) is 0 Å². The molecule has 1 N–H and O–H groups in total. The second-order valence-electron chi connectivity index (χ2n) is 5.94. The molecular weight excluding hydrogens is 306 g/mol. The fraction of sp³-hybridized carbons (Fsp3) is 0.235. The number of benzene rings is 1. The lowest BCUT2D eigenvalue weighted by Gasteiger charge is -2.04. The van der Waals surface area contributed by atoms with Crippen LogP contribution in [0.1, 0.15) is 44.3 Å². The molecule has 24 heavy (non-hydrogen) atoms. The predicted octanol–water partition coefficient (Wildman–Crippen LogP) is 2.12. The van der Waals surface area contributed by atoms with Crippen LogP contribution in [0.3, 0.4) is 0 Å². The number of amides is 1. The van der Waals surface area contributed by atoms with Gasteiger partial charge in [-0.15, -0.1) is 5.10 Å². The Morgan fingerprint density at radius 2 is 2.00 bits per heavy atom. The molecule has 0 saturated carbocycles. The number of rotatable bonds is 2. The number of nitrogens with one attached hydrogen (secondary N) is 1. The second-order valence-corrected chi connectivity index (χ2v) is 5.94. The van der Waals surface area contributed by atoms with E-state index in [-0.39, 0.29) is 11.6 Å². The first kappa shape index (κ1) is 14.5. The van der Waals surface area contributed by atoms with Gasteiger partial charge in [-0.2, -0.15) is 4.98 Å². The molecule has 7 nitrogen and oxygen atoms in total. The van der Waals surface area contributed by atoms with Crippen LogP contribution < -0.4 is 5.32 Å². The van der Waals surface area contributed by atoms with Crippen LogP contribution in [0.15, 0.2) is 24.3 Å². The summed E-state index contributed by atoms with van der Waals surface area (Å²) in [6, 6.07) is 7.19. The highest BCUT2D eigenvalue weighted by Crippen LogP contribution is 2.25. The molecule has 0 spiro atoms. The standard InChI is InChI=1S/C17H15N5O2/c1-9-7-10(2)22-17(18-9)20-15(21-22)16(24)19-12-4-5-13-11(8-12)3-6-14(13)23/h4-5,7-8H,3,6H2,1-2H3,(H,19,24). The molecule has 0 atom stereocenters. The zero-order chi connectivity index (χ0) is 16.8. The van der Waals surface area contributed by atoms with Crippen molar-refractivity contribution in [2.45, 2.75) is 26.7 Å². The van der Waals surface area contributed by atoms with Crippen LogP contribution in [0, 0.1) is 13.8 Å². The molecular formula is C17H15N5O2. The Hall–Kier alpha value is -3.09. The minimum absolute atomic E-state index is 0.0628. The van der Waals surface area contributed by atoms with Crippen molar-refractivity contribution in [3.63, 3.8) is 0 Å². The molecule has 0 aliphatic heterocycles. The lowest BCUT2D eigenvalue weighted by atomic mass is 10.1. The molecule has 1 amide bonds. The number of hydrogen-bond acceptors (Lipinski definition) is 5. The van der Waals surface area contributed by atoms with Crippen molar-refractivity contribution in [2.75, 3.05) is 5.32 Å². The number of carbonyl (C=O) groups is 2. The summed E-state index contributed by atoms with van der Waals surface area (Å²) in [6.45, 7) is 3.75. The second kappa shape index (κ2) is 5.23. The molecule has 0 radical (unpaired) electrons. The number of carbonyl (C=O) groups excluding carboxylic acids is 2. The highest BCUT2D eigenvalue weighted by Gasteiger charge is 2.20. The number of anilines is 1. The number of fused-ring (bicyclic) bond motifs is 2. The lowest BCUT2D eigenvalue weighted by Crippen LogP contribution is -2.14. The topological polar surface area (TPSA) is 89.3 Å². The normalized spacial score (nSPS) is 13.3. The van der Waals surface area contributed by atoms with Crippen molar-refractivity contribution in [1.82, 2.24) is 19.6 Å². The van der Waals surface area contributed by atoms with E-state index < -0.39 is 5.91 Å². The monoisotopic (exact) mass is 321 g/mol. The van der Waals surface area contributed by atoms with E-state index in [9.17, 15) is 9.59 Å². The van der Waals surface area contributed by atoms with E-state index in [2.05, 4.69) is 20.4 Å². The summed E-state index contributed by atoms with van der Waals surface area (Å²) in [4.78, 5) is 32.5. The summed E-state index contributed by atoms with van der Waals surface area (Å²) < 4.78 is 1.54. The van der Waals surface area contributed by atoms with E-state index in [4.69, 9.17) is 0 Å². The summed E-state index contributed by atoms with van der Waals surface area (Å²) in [5, 5.41) is 6.99. The highest BCUT2D eigenvalue weighted by molar-refractivity contribution is 6.04. The maximum absolute atomic E-state index is 12.4. The number of hydrogen-bond donors (Lipinski definition) is 1. The minimum Gasteiger partial charge on any atom is -0.319 e. The van der Waals surface area contributed by atoms with Gasteiger partial charge in [-0.3, -0.25) is 9.59 Å². The van der Waals surface area contributed by atoms with Gasteiger partial charge in [-0.1, -0.05) is 0 Å². The van der Waals surface area contributed by atoms with Crippen LogP contribution in [-0.4, -0.2) is 31.3 Å². The fourth-order valence-corrected chi connectivity index (χ4v) is 2.98. The van der Waals surface area contributed by atoms with Crippen molar-refractivity contribution in [3.8, 4) is 0 Å². The molecule has 4 rings (SSSR count). The fourth-order valence-electron chi connectivity index (χ4n) is 2.98. The highest BCUT2D eigenvalue weighted by atomic mass is 16.2. The molecule has 1 aromatic carbocycles. The van der Waals surface area contributed by atoms with Gasteiger partial charge >= 0.3 is 0 Å². The van der Waals surface area contributed by atoms with Gasteiger partial charge in [-0.25, -0.2) is 9.50 Å². The first-order chi connectivity index (χ1) is 11.5. The van der Waals surface area contributed by atoms with E-state index in [0.29, 0.717) is 24.3 Å². The molecule has 0 unspecified atom stereocenters. The smallest absolute Gasteiger partial charge is 0.295 e. The van der Waals surface area contributed by atoms with Gasteiger partial charge in [0.2, 0.25) is 5.82 Å². The number of nitrogens with zero attached hydrogens (tertiary/aromatic N) is 4. The first-order valence-corrected chi connectivity index (χ1v) is 7.70. The Balaban J connectivity index is 1.63. The average Bonchev–Trinajstić information content (AvgIpc) is 3.11. The third kappa shape index (κ3) is 2.34. The Morgan fingerprint density at radius 3 is 2.83 bits per heavy atom. The van der Waals surface area contributed by atoms with Gasteiger partial charge in [0.05, 0.1) is 0 Å². The first-order valence-electron chi connectivity index (χ1n) is 7.70. The molecule has 2 aromatic heterocycles. The summed E-state index contributed by atoms with van der Waals surface area (Å²) in [5.41, 5.74) is 4.03. The zero-order valence-electron chi connectivity index (χ0n) is 13.3. The number of aryl methyl sites for hydroxylation is 3. The van der Waals surface area contributed by atoms with E-state index >= 15 is 0 Å². The Bertz CT molecular complexity index is 1010. The molecule has 0 bridgehead atoms. The van der Waals surface area contributed by atoms with Gasteiger partial charge in [0.1, 0.15) is 0 Å². The van der Waals surface area contributed by atoms with Crippen molar-refractivity contribution in [3.05, 3.63) is 52.6 Å². The molecule has 2 heterocycles. The van der Waals surface area contributed by atoms with Crippen molar-refractivity contribution >= 4 is 23.2 Å². The summed E-state index contributed by atoms with van der Waals surface area (Å²) >= 11 is 0. The van der Waals surface area contributed by atoms with Crippen molar-refractivity contribution < 1.29 is 9.59 Å². The van der Waals surface area contributed by atoms with Crippen LogP contribution in [0.4, 0.5) is 5.69 Å². The Labute approximate surface area is 137 Å². The predicted molar refractivity (Wildman–Crippen MR) is 87.3 cm³/mol. The van der Waals surface area contributed by atoms with Crippen LogP contribution >= 0.6 is 0 Å². The molecule has 0 saturated heterocycles. The summed E-state index contributed by atoms with van der Waals surface area (Å²) in [6.07, 6.45) is 1.25. The number of aromatic nitrogens is 4. The average molecular weight is 321 g/mol. The van der Waals surface area contributed by atoms with E-state index in [1.54, 1.807) is 16.6 Å². The molecule has 7 heteroatoms. The van der Waals surface area contributed by atoms with Crippen LogP contribution in [0.5, 0.6) is 0 Å². The quantitative estimate of drug-likeness (QED) is 0.781. The van der Waals surface area contributed by atoms with Gasteiger partial charge in [0, 0.05) is 29.1 Å². The maximum Gasteiger partial charge on any atom is 0.295 e. The van der Waals surface area contributed by atoms with E-state index in [1.807, 2.05) is 26.0 Å². The number of ketones is 1. The SMILES string of the molecule is Cc1cc(C)n2nc(C(=O)Nc3ccc4c(c3)CCC4=O)nc2n1. The van der Waals surface area contributed by atoms with Gasteiger partial charge in [0.25, 0.3) is 11.7 Å². The lowest BCUT2D eigenvalue weighted by molar-refractivity contribution is 0.0992. The van der Waals surface area contributed by atoms with Crippen LogP contribution in [-0.2, 0) is 6.42 Å². The molecule has 120 valence electrons. The van der Waals surface area contributed by atoms with Crippen molar-refractivity contribution in [1.29, 1.82) is 0 Å². The minimum atomic E-state index is -0.401. The largest absolute Gasteiger partial charge is 0.319 e. The molecule has 1 aliphatic carbocycles. The molecule has 3 aromatic rings. The zero-order valence-corrected chi connectivity index (χ0v) is 13.3. The van der Waals surface area contributed by atoms with Gasteiger partial charge in [-0.05, 0) is 50.1 Å².